The van der Waals surface area contributed by atoms with Gasteiger partial charge in [0, 0.05) is 0 Å². The van der Waals surface area contributed by atoms with Crippen molar-refractivity contribution in [1.29, 1.82) is 0 Å². The summed E-state index contributed by atoms with van der Waals surface area (Å²) in [7, 11) is 1.17. The van der Waals surface area contributed by atoms with Crippen LogP contribution in [0, 0.1) is 5.41 Å². The van der Waals surface area contributed by atoms with Crippen molar-refractivity contribution in [2.45, 2.75) is 45.8 Å². The zero-order chi connectivity index (χ0) is 15.3. The fourth-order valence-corrected chi connectivity index (χ4v) is 1.91. The Kier molecular flexibility index (Phi) is 5.35. The van der Waals surface area contributed by atoms with E-state index in [0.717, 1.165) is 6.42 Å². The third-order valence-corrected chi connectivity index (χ3v) is 3.05. The molecule has 0 spiro atoms. The molecule has 7 heteroatoms. The minimum Gasteiger partial charge on any atom is -0.466 e. The summed E-state index contributed by atoms with van der Waals surface area (Å²) in [5.41, 5.74) is -0.626. The molecular formula is C13H20O7. The Labute approximate surface area is 117 Å². The molecule has 0 aromatic rings. The molecule has 2 unspecified atom stereocenters. The van der Waals surface area contributed by atoms with Crippen LogP contribution in [0.25, 0.3) is 0 Å². The van der Waals surface area contributed by atoms with Crippen molar-refractivity contribution in [3.8, 4) is 0 Å². The average molecular weight is 288 g/mol. The summed E-state index contributed by atoms with van der Waals surface area (Å²) >= 11 is 0. The minimum absolute atomic E-state index is 0.239. The standard InChI is InChI=1S/C13H20O7/c1-5-6-13(2,3)11(15)18-7-8-9(10(14)17-4)20-12(16)19-8/h8-9H,5-7H2,1-4H3. The van der Waals surface area contributed by atoms with E-state index in [4.69, 9.17) is 9.47 Å². The third-order valence-electron chi connectivity index (χ3n) is 3.05. The van der Waals surface area contributed by atoms with Crippen molar-refractivity contribution in [3.63, 3.8) is 0 Å². The number of esters is 2. The molecule has 114 valence electrons. The van der Waals surface area contributed by atoms with E-state index >= 15 is 0 Å². The van der Waals surface area contributed by atoms with Crippen molar-refractivity contribution in [3.05, 3.63) is 0 Å². The van der Waals surface area contributed by atoms with Gasteiger partial charge < -0.3 is 18.9 Å². The predicted molar refractivity (Wildman–Crippen MR) is 66.8 cm³/mol. The van der Waals surface area contributed by atoms with Crippen LogP contribution in [0.5, 0.6) is 0 Å². The van der Waals surface area contributed by atoms with Crippen LogP contribution in [0.3, 0.4) is 0 Å². The molecule has 0 radical (unpaired) electrons. The molecule has 20 heavy (non-hydrogen) atoms. The number of ether oxygens (including phenoxy) is 4. The number of hydrogen-bond donors (Lipinski definition) is 0. The number of cyclic esters (lactones) is 2. The van der Waals surface area contributed by atoms with Crippen molar-refractivity contribution in [2.75, 3.05) is 13.7 Å². The van der Waals surface area contributed by atoms with E-state index in [1.165, 1.54) is 7.11 Å². The van der Waals surface area contributed by atoms with E-state index in [1.807, 2.05) is 6.92 Å². The van der Waals surface area contributed by atoms with Gasteiger partial charge in [0.05, 0.1) is 12.5 Å². The Bertz CT molecular complexity index is 388. The summed E-state index contributed by atoms with van der Waals surface area (Å²) in [6.07, 6.45) is -1.64. The van der Waals surface area contributed by atoms with Gasteiger partial charge in [-0.2, -0.15) is 0 Å². The van der Waals surface area contributed by atoms with Gasteiger partial charge >= 0.3 is 18.1 Å². The molecule has 7 nitrogen and oxygen atoms in total. The van der Waals surface area contributed by atoms with Crippen LogP contribution in [-0.2, 0) is 28.5 Å². The second-order valence-corrected chi connectivity index (χ2v) is 5.20. The van der Waals surface area contributed by atoms with Crippen molar-refractivity contribution in [2.24, 2.45) is 5.41 Å². The number of carbonyl (C=O) groups excluding carboxylic acids is 3. The van der Waals surface area contributed by atoms with E-state index in [2.05, 4.69) is 9.47 Å². The smallest absolute Gasteiger partial charge is 0.466 e. The highest BCUT2D eigenvalue weighted by Gasteiger charge is 2.44. The molecular weight excluding hydrogens is 268 g/mol. The van der Waals surface area contributed by atoms with Crippen LogP contribution in [0.15, 0.2) is 0 Å². The molecule has 1 rings (SSSR count). The summed E-state index contributed by atoms with van der Waals surface area (Å²) in [4.78, 5) is 34.3. The van der Waals surface area contributed by atoms with Gasteiger partial charge in [0.15, 0.2) is 6.10 Å². The van der Waals surface area contributed by atoms with Gasteiger partial charge in [0.1, 0.15) is 6.61 Å². The number of rotatable bonds is 6. The number of methoxy groups -OCH3 is 1. The topological polar surface area (TPSA) is 88.1 Å². The van der Waals surface area contributed by atoms with Crippen molar-refractivity contribution < 1.29 is 33.3 Å². The number of carbonyl (C=O) groups is 3. The van der Waals surface area contributed by atoms with Crippen LogP contribution >= 0.6 is 0 Å². The molecule has 2 atom stereocenters. The van der Waals surface area contributed by atoms with Gasteiger partial charge in [-0.15, -0.1) is 0 Å². The number of hydrogen-bond acceptors (Lipinski definition) is 7. The average Bonchev–Trinajstić information content (AvgIpc) is 2.76. The lowest BCUT2D eigenvalue weighted by atomic mass is 9.88. The first-order valence-corrected chi connectivity index (χ1v) is 6.44. The lowest BCUT2D eigenvalue weighted by Gasteiger charge is -2.22. The first kappa shape index (κ1) is 16.3. The molecule has 1 saturated heterocycles. The Morgan fingerprint density at radius 3 is 2.50 bits per heavy atom. The Morgan fingerprint density at radius 2 is 1.95 bits per heavy atom. The Balaban J connectivity index is 2.57. The fourth-order valence-electron chi connectivity index (χ4n) is 1.91. The first-order chi connectivity index (χ1) is 9.31. The zero-order valence-corrected chi connectivity index (χ0v) is 12.1. The predicted octanol–water partition coefficient (Wildman–Crippen LogP) is 1.43. The highest BCUT2D eigenvalue weighted by molar-refractivity contribution is 5.81. The van der Waals surface area contributed by atoms with Gasteiger partial charge in [-0.05, 0) is 20.3 Å². The Morgan fingerprint density at radius 1 is 1.30 bits per heavy atom. The quantitative estimate of drug-likeness (QED) is 0.539. The monoisotopic (exact) mass is 288 g/mol. The fraction of sp³-hybridized carbons (Fsp3) is 0.769. The van der Waals surface area contributed by atoms with Gasteiger partial charge in [0.2, 0.25) is 6.10 Å². The molecule has 0 saturated carbocycles. The summed E-state index contributed by atoms with van der Waals surface area (Å²) in [6.45, 7) is 5.27. The lowest BCUT2D eigenvalue weighted by molar-refractivity contribution is -0.161. The van der Waals surface area contributed by atoms with Crippen LogP contribution in [0.2, 0.25) is 0 Å². The molecule has 0 N–H and O–H groups in total. The van der Waals surface area contributed by atoms with E-state index in [-0.39, 0.29) is 6.61 Å². The van der Waals surface area contributed by atoms with Gasteiger partial charge in [-0.1, -0.05) is 13.3 Å². The van der Waals surface area contributed by atoms with E-state index in [9.17, 15) is 14.4 Å². The van der Waals surface area contributed by atoms with Crippen LogP contribution in [0.4, 0.5) is 4.79 Å². The van der Waals surface area contributed by atoms with Crippen molar-refractivity contribution in [1.82, 2.24) is 0 Å². The van der Waals surface area contributed by atoms with E-state index in [1.54, 1.807) is 13.8 Å². The van der Waals surface area contributed by atoms with Crippen LogP contribution in [-0.4, -0.2) is 44.0 Å². The Hall–Kier alpha value is -1.79. The molecule has 1 aliphatic heterocycles. The van der Waals surface area contributed by atoms with E-state index < -0.39 is 35.7 Å². The van der Waals surface area contributed by atoms with Gasteiger partial charge in [-0.25, -0.2) is 9.59 Å². The normalized spacial score (nSPS) is 21.9. The van der Waals surface area contributed by atoms with Gasteiger partial charge in [0.25, 0.3) is 0 Å². The second-order valence-electron chi connectivity index (χ2n) is 5.20. The lowest BCUT2D eigenvalue weighted by Crippen LogP contribution is -2.37. The molecule has 0 bridgehead atoms. The van der Waals surface area contributed by atoms with Crippen LogP contribution in [0.1, 0.15) is 33.6 Å². The highest BCUT2D eigenvalue weighted by atomic mass is 16.8. The maximum atomic E-state index is 11.9. The van der Waals surface area contributed by atoms with E-state index in [0.29, 0.717) is 6.42 Å². The maximum absolute atomic E-state index is 11.9. The summed E-state index contributed by atoms with van der Waals surface area (Å²) in [5, 5.41) is 0. The van der Waals surface area contributed by atoms with Crippen molar-refractivity contribution >= 4 is 18.1 Å². The molecule has 0 aromatic heterocycles. The second kappa shape index (κ2) is 6.58. The first-order valence-electron chi connectivity index (χ1n) is 6.44. The summed E-state index contributed by atoms with van der Waals surface area (Å²) < 4.78 is 19.0. The highest BCUT2D eigenvalue weighted by Crippen LogP contribution is 2.25. The molecule has 1 fully saturated rings. The largest absolute Gasteiger partial charge is 0.509 e. The summed E-state index contributed by atoms with van der Waals surface area (Å²) in [5.74, 6) is -1.16. The molecule has 0 aromatic carbocycles. The summed E-state index contributed by atoms with van der Waals surface area (Å²) in [6, 6.07) is 0. The minimum atomic E-state index is -1.20. The maximum Gasteiger partial charge on any atom is 0.509 e. The van der Waals surface area contributed by atoms with Gasteiger partial charge in [-0.3, -0.25) is 4.79 Å². The van der Waals surface area contributed by atoms with Crippen LogP contribution < -0.4 is 0 Å². The zero-order valence-electron chi connectivity index (χ0n) is 12.1. The molecule has 0 aliphatic carbocycles. The SMILES string of the molecule is CCCC(C)(C)C(=O)OCC1OC(=O)OC1C(=O)OC. The molecule has 1 aliphatic rings. The third kappa shape index (κ3) is 3.85. The molecule has 0 amide bonds. The molecule has 1 heterocycles.